The Hall–Kier alpha value is -2.49. The van der Waals surface area contributed by atoms with Crippen LogP contribution in [0.1, 0.15) is 13.3 Å². The molecule has 94 valence electrons. The molecule has 0 radical (unpaired) electrons. The van der Waals surface area contributed by atoms with Crippen LogP contribution in [0.3, 0.4) is 0 Å². The van der Waals surface area contributed by atoms with E-state index in [0.717, 1.165) is 29.0 Å². The van der Waals surface area contributed by atoms with Crippen molar-refractivity contribution in [1.82, 2.24) is 15.0 Å². The third kappa shape index (κ3) is 2.25. The summed E-state index contributed by atoms with van der Waals surface area (Å²) in [6.07, 6.45) is 0.794. The van der Waals surface area contributed by atoms with Gasteiger partial charge in [-0.15, -0.1) is 5.10 Å². The van der Waals surface area contributed by atoms with Gasteiger partial charge < -0.3 is 0 Å². The molecule has 0 atom stereocenters. The van der Waals surface area contributed by atoms with Gasteiger partial charge in [-0.3, -0.25) is 0 Å². The summed E-state index contributed by atoms with van der Waals surface area (Å²) in [6.45, 7) is 2.07. The number of hydrogen-bond donors (Lipinski definition) is 0. The lowest BCUT2D eigenvalue weighted by molar-refractivity contribution is 0.843. The summed E-state index contributed by atoms with van der Waals surface area (Å²) < 4.78 is 1.81. The molecule has 1 heterocycles. The van der Waals surface area contributed by atoms with Crippen LogP contribution in [0.4, 0.5) is 5.69 Å². The molecule has 0 aliphatic rings. The van der Waals surface area contributed by atoms with Gasteiger partial charge in [0.2, 0.25) is 0 Å². The highest BCUT2D eigenvalue weighted by molar-refractivity contribution is 5.93. The first-order chi connectivity index (χ1) is 9.38. The normalized spacial score (nSPS) is 11.9. The van der Waals surface area contributed by atoms with Crippen molar-refractivity contribution in [3.63, 3.8) is 0 Å². The molecule has 1 aromatic heterocycles. The van der Waals surface area contributed by atoms with Crippen molar-refractivity contribution in [2.45, 2.75) is 13.3 Å². The number of benzene rings is 2. The van der Waals surface area contributed by atoms with Gasteiger partial charge >= 0.3 is 0 Å². The largest absolute Gasteiger partial charge is 0.233 e. The van der Waals surface area contributed by atoms with E-state index in [2.05, 4.69) is 22.2 Å². The molecule has 0 fully saturated rings. The van der Waals surface area contributed by atoms with E-state index in [1.165, 1.54) is 0 Å². The van der Waals surface area contributed by atoms with Gasteiger partial charge in [0.05, 0.1) is 11.2 Å². The van der Waals surface area contributed by atoms with Crippen LogP contribution in [0.15, 0.2) is 59.6 Å². The van der Waals surface area contributed by atoms with Gasteiger partial charge in [0.25, 0.3) is 0 Å². The van der Waals surface area contributed by atoms with Crippen molar-refractivity contribution >= 4 is 22.6 Å². The zero-order valence-electron chi connectivity index (χ0n) is 10.7. The second kappa shape index (κ2) is 5.02. The summed E-state index contributed by atoms with van der Waals surface area (Å²) in [4.78, 5) is 4.65. The summed E-state index contributed by atoms with van der Waals surface area (Å²) in [7, 11) is 0. The lowest BCUT2D eigenvalue weighted by Crippen LogP contribution is -2.12. The molecule has 0 aliphatic carbocycles. The molecule has 0 N–H and O–H groups in total. The topological polar surface area (TPSA) is 43.1 Å². The molecule has 4 heteroatoms. The molecule has 19 heavy (non-hydrogen) atoms. The smallest absolute Gasteiger partial charge is 0.132 e. The summed E-state index contributed by atoms with van der Waals surface area (Å²) in [5.74, 6) is 0.889. The van der Waals surface area contributed by atoms with E-state index >= 15 is 0 Å². The molecule has 0 saturated carbocycles. The molecule has 0 aliphatic heterocycles. The monoisotopic (exact) mass is 250 g/mol. The molecule has 0 spiro atoms. The van der Waals surface area contributed by atoms with Gasteiger partial charge in [-0.2, -0.15) is 4.68 Å². The lowest BCUT2D eigenvalue weighted by Gasteiger charge is -2.04. The Balaban J connectivity index is 2.10. The highest BCUT2D eigenvalue weighted by Gasteiger charge is 2.08. The van der Waals surface area contributed by atoms with Gasteiger partial charge in [-0.1, -0.05) is 42.5 Å². The molecule has 2 aromatic carbocycles. The van der Waals surface area contributed by atoms with Gasteiger partial charge in [0.15, 0.2) is 0 Å². The van der Waals surface area contributed by atoms with E-state index in [4.69, 9.17) is 0 Å². The summed E-state index contributed by atoms with van der Waals surface area (Å²) in [6, 6.07) is 17.8. The minimum Gasteiger partial charge on any atom is -0.233 e. The molecule has 0 bridgehead atoms. The zero-order chi connectivity index (χ0) is 13.1. The number of hydrogen-bond acceptors (Lipinski definition) is 3. The first kappa shape index (κ1) is 11.6. The predicted molar refractivity (Wildman–Crippen MR) is 76.8 cm³/mol. The number of aromatic nitrogens is 3. The fraction of sp³-hybridized carbons (Fsp3) is 0.133. The number of aliphatic imine (C=N–C) groups is 1. The van der Waals surface area contributed by atoms with Gasteiger partial charge in [-0.05, 0) is 24.3 Å². The standard InChI is InChI=1S/C15H14N4/c1-2-15(16-12-8-4-3-5-9-12)19-14-11-7-6-10-13(14)17-18-19/h3-11H,2H2,1H3. The van der Waals surface area contributed by atoms with Gasteiger partial charge in [0.1, 0.15) is 11.4 Å². The lowest BCUT2D eigenvalue weighted by atomic mass is 10.3. The second-order valence-electron chi connectivity index (χ2n) is 4.21. The van der Waals surface area contributed by atoms with Crippen molar-refractivity contribution in [3.05, 3.63) is 54.6 Å². The maximum absolute atomic E-state index is 4.65. The highest BCUT2D eigenvalue weighted by Crippen LogP contribution is 2.15. The average Bonchev–Trinajstić information content (AvgIpc) is 2.90. The average molecular weight is 250 g/mol. The van der Waals surface area contributed by atoms with E-state index < -0.39 is 0 Å². The minimum absolute atomic E-state index is 0.794. The number of nitrogens with zero attached hydrogens (tertiary/aromatic N) is 4. The third-order valence-electron chi connectivity index (χ3n) is 2.93. The maximum Gasteiger partial charge on any atom is 0.132 e. The number of fused-ring (bicyclic) bond motifs is 1. The molecule has 0 unspecified atom stereocenters. The Kier molecular flexibility index (Phi) is 3.06. The Bertz CT molecular complexity index is 713. The Labute approximate surface area is 111 Å². The van der Waals surface area contributed by atoms with E-state index in [-0.39, 0.29) is 0 Å². The van der Waals surface area contributed by atoms with Gasteiger partial charge in [0, 0.05) is 6.42 Å². The van der Waals surface area contributed by atoms with E-state index in [1.54, 1.807) is 0 Å². The van der Waals surface area contributed by atoms with Crippen molar-refractivity contribution < 1.29 is 0 Å². The predicted octanol–water partition coefficient (Wildman–Crippen LogP) is 3.42. The number of para-hydroxylation sites is 2. The van der Waals surface area contributed by atoms with Crippen molar-refractivity contribution in [1.29, 1.82) is 0 Å². The molecule has 0 amide bonds. The third-order valence-corrected chi connectivity index (χ3v) is 2.93. The molecule has 4 nitrogen and oxygen atoms in total. The second-order valence-corrected chi connectivity index (χ2v) is 4.21. The van der Waals surface area contributed by atoms with Crippen LogP contribution >= 0.6 is 0 Å². The van der Waals surface area contributed by atoms with E-state index in [9.17, 15) is 0 Å². The van der Waals surface area contributed by atoms with Crippen molar-refractivity contribution in [3.8, 4) is 0 Å². The van der Waals surface area contributed by atoms with E-state index in [0.29, 0.717) is 0 Å². The first-order valence-electron chi connectivity index (χ1n) is 6.32. The van der Waals surface area contributed by atoms with Gasteiger partial charge in [-0.25, -0.2) is 4.99 Å². The fourth-order valence-electron chi connectivity index (χ4n) is 1.99. The van der Waals surface area contributed by atoms with Crippen LogP contribution in [-0.4, -0.2) is 20.8 Å². The Morgan fingerprint density at radius 3 is 2.58 bits per heavy atom. The Morgan fingerprint density at radius 2 is 1.79 bits per heavy atom. The van der Waals surface area contributed by atoms with Crippen LogP contribution in [0.5, 0.6) is 0 Å². The van der Waals surface area contributed by atoms with Crippen LogP contribution in [0.2, 0.25) is 0 Å². The fourth-order valence-corrected chi connectivity index (χ4v) is 1.99. The van der Waals surface area contributed by atoms with Crippen LogP contribution in [0.25, 0.3) is 11.0 Å². The summed E-state index contributed by atoms with van der Waals surface area (Å²) in [5, 5.41) is 8.36. The van der Waals surface area contributed by atoms with Crippen molar-refractivity contribution in [2.24, 2.45) is 4.99 Å². The molecule has 3 aromatic rings. The zero-order valence-corrected chi connectivity index (χ0v) is 10.7. The number of rotatable bonds is 2. The highest BCUT2D eigenvalue weighted by atomic mass is 15.4. The van der Waals surface area contributed by atoms with Crippen molar-refractivity contribution in [2.75, 3.05) is 0 Å². The first-order valence-corrected chi connectivity index (χ1v) is 6.32. The molecule has 3 rings (SSSR count). The minimum atomic E-state index is 0.794. The van der Waals surface area contributed by atoms with Crippen LogP contribution < -0.4 is 0 Å². The quantitative estimate of drug-likeness (QED) is 0.516. The summed E-state index contributed by atoms with van der Waals surface area (Å²) >= 11 is 0. The van der Waals surface area contributed by atoms with E-state index in [1.807, 2.05) is 59.3 Å². The summed E-state index contributed by atoms with van der Waals surface area (Å²) in [5.41, 5.74) is 2.80. The molecule has 0 saturated heterocycles. The maximum atomic E-state index is 4.65. The van der Waals surface area contributed by atoms with Crippen LogP contribution in [0, 0.1) is 0 Å². The Morgan fingerprint density at radius 1 is 1.05 bits per heavy atom. The van der Waals surface area contributed by atoms with Crippen LogP contribution in [-0.2, 0) is 0 Å². The molecular weight excluding hydrogens is 236 g/mol. The molecular formula is C15H14N4. The SMILES string of the molecule is CCC(=Nc1ccccc1)n1nnc2ccccc21.